The van der Waals surface area contributed by atoms with Crippen LogP contribution in [0.2, 0.25) is 18.1 Å². The molecule has 9 rings (SSSR count). The Morgan fingerprint density at radius 3 is 1.61 bits per heavy atom. The van der Waals surface area contributed by atoms with E-state index in [1.165, 1.54) is 43.4 Å². The lowest BCUT2D eigenvalue weighted by molar-refractivity contribution is 0.0299. The highest BCUT2D eigenvalue weighted by Gasteiger charge is 2.51. The minimum absolute atomic E-state index is 0.0235. The third kappa shape index (κ3) is 10.2. The highest BCUT2D eigenvalue weighted by atomic mass is 28.4. The number of nitrogens with zero attached hydrogens (tertiary/aromatic N) is 5. The molecule has 4 aliphatic heterocycles. The van der Waals surface area contributed by atoms with Gasteiger partial charge in [0.15, 0.2) is 43.8 Å². The van der Waals surface area contributed by atoms with Gasteiger partial charge in [0.2, 0.25) is 0 Å². The number of pyridine rings is 1. The Balaban J connectivity index is 1.01. The third-order valence-corrected chi connectivity index (χ3v) is 19.2. The van der Waals surface area contributed by atoms with Gasteiger partial charge in [-0.05, 0) is 71.4 Å². The maximum Gasteiger partial charge on any atom is 0.416 e. The van der Waals surface area contributed by atoms with Gasteiger partial charge in [-0.2, -0.15) is 0 Å². The summed E-state index contributed by atoms with van der Waals surface area (Å²) in [5, 5.41) is 11.7. The third-order valence-electron chi connectivity index (χ3n) is 14.7. The second kappa shape index (κ2) is 21.3. The first-order valence-electron chi connectivity index (χ1n) is 24.8. The molecule has 0 fully saturated rings. The number of aromatic nitrogens is 1. The largest absolute Gasteiger partial charge is 0.493 e. The Kier molecular flexibility index (Phi) is 14.8. The summed E-state index contributed by atoms with van der Waals surface area (Å²) >= 11 is 0. The van der Waals surface area contributed by atoms with Crippen molar-refractivity contribution < 1.29 is 57.1 Å². The summed E-state index contributed by atoms with van der Waals surface area (Å²) in [5.41, 5.74) is 5.89. The molecule has 2 unspecified atom stereocenters. The predicted molar refractivity (Wildman–Crippen MR) is 283 cm³/mol. The number of aliphatic hydroxyl groups is 1. The number of carbonyl (C=O) groups excluding carboxylic acids is 4. The molecule has 4 atom stereocenters. The molecule has 5 heterocycles. The van der Waals surface area contributed by atoms with Crippen molar-refractivity contribution >= 4 is 43.7 Å². The number of anilines is 2. The van der Waals surface area contributed by atoms with Crippen molar-refractivity contribution in [3.8, 4) is 23.0 Å². The number of aliphatic hydroxyl groups excluding tert-OH is 1. The Morgan fingerprint density at radius 1 is 0.680 bits per heavy atom. The second-order valence-corrected chi connectivity index (χ2v) is 25.2. The first-order chi connectivity index (χ1) is 36.0. The van der Waals surface area contributed by atoms with Crippen LogP contribution in [0.4, 0.5) is 21.0 Å². The molecule has 4 aliphatic rings. The SMILES string of the molecule is C=CCOC(=O)N1c2cc(OCc3cncc(COc4cc5c(cc4OC)C(=O)N4Cc6ccccc6C[C@H]4C(O[Si](C)(C)C(C)(C)C)N5C(=O)OCC=C)c3)c(OC)cc2C(=O)N2Cc3ccccc3C[C@H]2C1O. The van der Waals surface area contributed by atoms with E-state index in [4.69, 9.17) is 32.8 Å². The standard InChI is InChI=1S/C57H63N5O12Si/c1-10-20-70-55(66)61-43-27-49(47(68-6)25-41(43)51(63)59-31-39-18-14-12-16-37(39)23-45(59)53(61)65)72-33-35-22-36(30-58-29-35)34-73-50-28-44-42(26-48(50)69-7)52(64)60-32-40-19-15-13-17-38(40)24-46(60)54(62(44)56(67)71-21-11-2)74-75(8,9)57(3,4)5/h10-19,22,25-30,45-46,53-54,65H,1-2,20-21,23-24,31-34H2,3-9H3/t45-,46-,53?,54?/m0/s1. The van der Waals surface area contributed by atoms with Crippen LogP contribution in [-0.2, 0) is 53.0 Å². The highest BCUT2D eigenvalue weighted by molar-refractivity contribution is 6.74. The van der Waals surface area contributed by atoms with Gasteiger partial charge in [0, 0.05) is 48.7 Å². The molecule has 1 aromatic heterocycles. The fraction of sp³-hybridized carbons (Fsp3) is 0.351. The molecule has 1 N–H and O–H groups in total. The summed E-state index contributed by atoms with van der Waals surface area (Å²) in [4.78, 5) is 68.1. The van der Waals surface area contributed by atoms with Crippen molar-refractivity contribution in [3.63, 3.8) is 0 Å². The van der Waals surface area contributed by atoms with E-state index < -0.39 is 51.0 Å². The molecular formula is C57H63N5O12Si. The van der Waals surface area contributed by atoms with Crippen LogP contribution < -0.4 is 28.7 Å². The Hall–Kier alpha value is -7.67. The van der Waals surface area contributed by atoms with Gasteiger partial charge in [0.05, 0.1) is 48.8 Å². The number of methoxy groups -OCH3 is 2. The van der Waals surface area contributed by atoms with Gasteiger partial charge < -0.3 is 47.8 Å². The molecule has 18 heteroatoms. The summed E-state index contributed by atoms with van der Waals surface area (Å²) in [6.07, 6.45) is 2.91. The van der Waals surface area contributed by atoms with E-state index in [1.807, 2.05) is 54.6 Å². The Labute approximate surface area is 437 Å². The molecule has 17 nitrogen and oxygen atoms in total. The number of carbonyl (C=O) groups is 4. The number of ether oxygens (including phenoxy) is 6. The second-order valence-electron chi connectivity index (χ2n) is 20.4. The summed E-state index contributed by atoms with van der Waals surface area (Å²) in [5.74, 6) is 0.193. The molecular weight excluding hydrogens is 975 g/mol. The molecule has 0 saturated carbocycles. The smallest absolute Gasteiger partial charge is 0.416 e. The normalized spacial score (nSPS) is 18.9. The van der Waals surface area contributed by atoms with Gasteiger partial charge in [-0.3, -0.25) is 14.6 Å². The molecule has 392 valence electrons. The predicted octanol–water partition coefficient (Wildman–Crippen LogP) is 9.34. The van der Waals surface area contributed by atoms with E-state index in [0.29, 0.717) is 30.5 Å². The minimum atomic E-state index is -2.65. The fourth-order valence-corrected chi connectivity index (χ4v) is 11.0. The maximum absolute atomic E-state index is 15.0. The quantitative estimate of drug-likeness (QED) is 0.0822. The van der Waals surface area contributed by atoms with Gasteiger partial charge in [-0.15, -0.1) is 0 Å². The number of hydrogen-bond donors (Lipinski definition) is 1. The zero-order valence-electron chi connectivity index (χ0n) is 43.4. The number of fused-ring (bicyclic) bond motifs is 6. The average Bonchev–Trinajstić information content (AvgIpc) is 3.55. The van der Waals surface area contributed by atoms with Crippen LogP contribution in [0.1, 0.15) is 74.9 Å². The fourth-order valence-electron chi connectivity index (χ4n) is 9.82. The lowest BCUT2D eigenvalue weighted by Gasteiger charge is -2.47. The molecule has 0 bridgehead atoms. The first-order valence-corrected chi connectivity index (χ1v) is 27.7. The summed E-state index contributed by atoms with van der Waals surface area (Å²) < 4.78 is 43.0. The van der Waals surface area contributed by atoms with Gasteiger partial charge in [-0.1, -0.05) is 94.6 Å². The summed E-state index contributed by atoms with van der Waals surface area (Å²) in [7, 11) is 0.273. The van der Waals surface area contributed by atoms with Gasteiger partial charge in [-0.25, -0.2) is 19.4 Å². The van der Waals surface area contributed by atoms with Crippen molar-refractivity contribution in [2.75, 3.05) is 37.2 Å². The molecule has 75 heavy (non-hydrogen) atoms. The molecule has 4 aromatic carbocycles. The lowest BCUT2D eigenvalue weighted by atomic mass is 9.93. The Morgan fingerprint density at radius 2 is 1.13 bits per heavy atom. The minimum Gasteiger partial charge on any atom is -0.493 e. The monoisotopic (exact) mass is 1040 g/mol. The Bertz CT molecular complexity index is 3050. The van der Waals surface area contributed by atoms with E-state index in [9.17, 15) is 24.3 Å². The van der Waals surface area contributed by atoms with Crippen LogP contribution in [-0.4, -0.2) is 104 Å². The van der Waals surface area contributed by atoms with Crippen LogP contribution in [0.25, 0.3) is 0 Å². The van der Waals surface area contributed by atoms with Crippen molar-refractivity contribution in [2.24, 2.45) is 0 Å². The lowest BCUT2D eigenvalue weighted by Crippen LogP contribution is -2.60. The van der Waals surface area contributed by atoms with E-state index in [1.54, 1.807) is 34.3 Å². The van der Waals surface area contributed by atoms with E-state index in [2.05, 4.69) is 52.0 Å². The average molecular weight is 1040 g/mol. The molecule has 4 amide bonds. The van der Waals surface area contributed by atoms with Crippen LogP contribution in [0, 0.1) is 0 Å². The summed E-state index contributed by atoms with van der Waals surface area (Å²) in [6, 6.07) is 22.4. The van der Waals surface area contributed by atoms with Crippen LogP contribution >= 0.6 is 0 Å². The van der Waals surface area contributed by atoms with Crippen LogP contribution in [0.5, 0.6) is 23.0 Å². The maximum atomic E-state index is 15.0. The van der Waals surface area contributed by atoms with E-state index in [-0.39, 0.29) is 89.4 Å². The zero-order chi connectivity index (χ0) is 53.3. The molecule has 0 radical (unpaired) electrons. The summed E-state index contributed by atoms with van der Waals surface area (Å²) in [6.45, 7) is 18.3. The van der Waals surface area contributed by atoms with Crippen LogP contribution in [0.15, 0.2) is 117 Å². The molecule has 0 aliphatic carbocycles. The van der Waals surface area contributed by atoms with Crippen molar-refractivity contribution in [3.05, 3.63) is 161 Å². The zero-order valence-corrected chi connectivity index (χ0v) is 44.4. The van der Waals surface area contributed by atoms with Crippen molar-refractivity contribution in [2.45, 2.75) is 103 Å². The highest BCUT2D eigenvalue weighted by Crippen LogP contribution is 2.46. The molecule has 0 spiro atoms. The number of rotatable bonds is 14. The van der Waals surface area contributed by atoms with E-state index in [0.717, 1.165) is 27.2 Å². The molecule has 5 aromatic rings. The van der Waals surface area contributed by atoms with E-state index >= 15 is 0 Å². The topological polar surface area (TPSA) is 179 Å². The number of benzene rings is 4. The van der Waals surface area contributed by atoms with Gasteiger partial charge in [0.1, 0.15) is 26.4 Å². The van der Waals surface area contributed by atoms with Gasteiger partial charge >= 0.3 is 12.2 Å². The van der Waals surface area contributed by atoms with Crippen molar-refractivity contribution in [1.82, 2.24) is 14.8 Å². The number of hydrogen-bond acceptors (Lipinski definition) is 13. The number of amides is 4. The van der Waals surface area contributed by atoms with Crippen molar-refractivity contribution in [1.29, 1.82) is 0 Å². The first kappa shape index (κ1) is 52.2. The molecule has 0 saturated heterocycles. The van der Waals surface area contributed by atoms with Gasteiger partial charge in [0.25, 0.3) is 11.8 Å². The van der Waals surface area contributed by atoms with Crippen LogP contribution in [0.3, 0.4) is 0 Å².